The second-order valence-corrected chi connectivity index (χ2v) is 3.88. The van der Waals surface area contributed by atoms with E-state index >= 15 is 0 Å². The third-order valence-electron chi connectivity index (χ3n) is 2.67. The van der Waals surface area contributed by atoms with Gasteiger partial charge in [-0.15, -0.1) is 0 Å². The molecule has 92 valence electrons. The highest BCUT2D eigenvalue weighted by molar-refractivity contribution is 5.93. The largest absolute Gasteiger partial charge is 0.472 e. The summed E-state index contributed by atoms with van der Waals surface area (Å²) in [4.78, 5) is 11.7. The molecule has 0 radical (unpaired) electrons. The van der Waals surface area contributed by atoms with E-state index in [-0.39, 0.29) is 12.7 Å². The number of amides is 1. The average molecular weight is 245 g/mol. The van der Waals surface area contributed by atoms with E-state index in [9.17, 15) is 4.79 Å². The van der Waals surface area contributed by atoms with Crippen molar-refractivity contribution in [2.75, 3.05) is 6.79 Å². The van der Waals surface area contributed by atoms with Crippen LogP contribution in [0.2, 0.25) is 0 Å². The highest BCUT2D eigenvalue weighted by atomic mass is 16.7. The normalized spacial score (nSPS) is 12.4. The molecule has 0 fully saturated rings. The molecule has 2 aromatic rings. The van der Waals surface area contributed by atoms with Gasteiger partial charge >= 0.3 is 0 Å². The minimum absolute atomic E-state index is 0.165. The van der Waals surface area contributed by atoms with Gasteiger partial charge in [0, 0.05) is 6.54 Å². The van der Waals surface area contributed by atoms with Gasteiger partial charge in [0.15, 0.2) is 11.5 Å². The monoisotopic (exact) mass is 245 g/mol. The lowest BCUT2D eigenvalue weighted by molar-refractivity contribution is 0.0950. The Morgan fingerprint density at radius 2 is 2.11 bits per heavy atom. The molecular formula is C13H11NO4. The fraction of sp³-hybridized carbons (Fsp3) is 0.154. The van der Waals surface area contributed by atoms with Crippen molar-refractivity contribution in [2.45, 2.75) is 6.54 Å². The standard InChI is InChI=1S/C13H11NO4/c15-13(10-3-4-16-7-10)14-6-9-1-2-11-12(5-9)18-8-17-11/h1-5,7H,6,8H2,(H,14,15). The van der Waals surface area contributed by atoms with Crippen molar-refractivity contribution in [1.29, 1.82) is 0 Å². The Labute approximate surface area is 103 Å². The van der Waals surface area contributed by atoms with Crippen LogP contribution in [0.4, 0.5) is 0 Å². The van der Waals surface area contributed by atoms with Crippen LogP contribution in [0.1, 0.15) is 15.9 Å². The molecule has 2 heterocycles. The van der Waals surface area contributed by atoms with Gasteiger partial charge in [-0.1, -0.05) is 6.07 Å². The summed E-state index contributed by atoms with van der Waals surface area (Å²) in [7, 11) is 0. The summed E-state index contributed by atoms with van der Waals surface area (Å²) >= 11 is 0. The van der Waals surface area contributed by atoms with Gasteiger partial charge in [-0.05, 0) is 23.8 Å². The van der Waals surface area contributed by atoms with Gasteiger partial charge in [-0.3, -0.25) is 4.79 Å². The third kappa shape index (κ3) is 2.02. The Morgan fingerprint density at radius 1 is 1.22 bits per heavy atom. The van der Waals surface area contributed by atoms with Crippen LogP contribution in [0.3, 0.4) is 0 Å². The van der Waals surface area contributed by atoms with Crippen molar-refractivity contribution in [2.24, 2.45) is 0 Å². The molecule has 5 nitrogen and oxygen atoms in total. The van der Waals surface area contributed by atoms with E-state index in [1.807, 2.05) is 18.2 Å². The topological polar surface area (TPSA) is 60.7 Å². The van der Waals surface area contributed by atoms with E-state index in [1.165, 1.54) is 12.5 Å². The first kappa shape index (κ1) is 10.7. The lowest BCUT2D eigenvalue weighted by atomic mass is 10.2. The third-order valence-corrected chi connectivity index (χ3v) is 2.67. The highest BCUT2D eigenvalue weighted by Crippen LogP contribution is 2.32. The smallest absolute Gasteiger partial charge is 0.254 e. The second kappa shape index (κ2) is 4.44. The Balaban J connectivity index is 1.65. The molecule has 1 aromatic heterocycles. The molecule has 5 heteroatoms. The molecule has 0 spiro atoms. The van der Waals surface area contributed by atoms with Gasteiger partial charge in [-0.2, -0.15) is 0 Å². The van der Waals surface area contributed by atoms with E-state index in [0.29, 0.717) is 17.9 Å². The number of hydrogen-bond donors (Lipinski definition) is 1. The van der Waals surface area contributed by atoms with E-state index in [4.69, 9.17) is 13.9 Å². The Bertz CT molecular complexity index is 562. The van der Waals surface area contributed by atoms with E-state index in [1.54, 1.807) is 6.07 Å². The number of fused-ring (bicyclic) bond motifs is 1. The molecule has 1 aliphatic heterocycles. The summed E-state index contributed by atoms with van der Waals surface area (Å²) in [6.07, 6.45) is 2.88. The Hall–Kier alpha value is -2.43. The van der Waals surface area contributed by atoms with E-state index in [2.05, 4.69) is 5.32 Å². The van der Waals surface area contributed by atoms with Crippen LogP contribution in [0.15, 0.2) is 41.2 Å². The molecule has 0 unspecified atom stereocenters. The number of carbonyl (C=O) groups excluding carboxylic acids is 1. The highest BCUT2D eigenvalue weighted by Gasteiger charge is 2.13. The first-order chi connectivity index (χ1) is 8.83. The van der Waals surface area contributed by atoms with Crippen LogP contribution in [0.5, 0.6) is 11.5 Å². The summed E-state index contributed by atoms with van der Waals surface area (Å²) in [5.74, 6) is 1.28. The Morgan fingerprint density at radius 3 is 2.94 bits per heavy atom. The van der Waals surface area contributed by atoms with Crippen LogP contribution in [-0.4, -0.2) is 12.7 Å². The number of carbonyl (C=O) groups is 1. The molecule has 3 rings (SSSR count). The molecule has 0 aliphatic carbocycles. The molecule has 0 saturated carbocycles. The summed E-state index contributed by atoms with van der Waals surface area (Å²) in [5.41, 5.74) is 1.46. The number of furan rings is 1. The lowest BCUT2D eigenvalue weighted by Gasteiger charge is -2.04. The molecule has 0 bridgehead atoms. The summed E-state index contributed by atoms with van der Waals surface area (Å²) in [6, 6.07) is 7.21. The SMILES string of the molecule is O=C(NCc1ccc2c(c1)OCO2)c1ccoc1. The first-order valence-electron chi connectivity index (χ1n) is 5.52. The number of benzene rings is 1. The Kier molecular flexibility index (Phi) is 2.64. The molecule has 0 saturated heterocycles. The van der Waals surface area contributed by atoms with Crippen LogP contribution in [0, 0.1) is 0 Å². The van der Waals surface area contributed by atoms with Gasteiger partial charge in [0.05, 0.1) is 11.8 Å². The van der Waals surface area contributed by atoms with Crippen LogP contribution in [0.25, 0.3) is 0 Å². The summed E-state index contributed by atoms with van der Waals surface area (Å²) in [6.45, 7) is 0.681. The summed E-state index contributed by atoms with van der Waals surface area (Å²) < 4.78 is 15.3. The fourth-order valence-corrected chi connectivity index (χ4v) is 1.73. The van der Waals surface area contributed by atoms with Gasteiger partial charge in [0.2, 0.25) is 6.79 Å². The minimum Gasteiger partial charge on any atom is -0.472 e. The predicted octanol–water partition coefficient (Wildman–Crippen LogP) is 1.94. The number of ether oxygens (including phenoxy) is 2. The molecule has 18 heavy (non-hydrogen) atoms. The van der Waals surface area contributed by atoms with Crippen LogP contribution < -0.4 is 14.8 Å². The zero-order valence-corrected chi connectivity index (χ0v) is 9.51. The summed E-state index contributed by atoms with van der Waals surface area (Å²) in [5, 5.41) is 2.80. The van der Waals surface area contributed by atoms with Crippen molar-refractivity contribution in [3.05, 3.63) is 47.9 Å². The van der Waals surface area contributed by atoms with Crippen molar-refractivity contribution >= 4 is 5.91 Å². The fourth-order valence-electron chi connectivity index (χ4n) is 1.73. The second-order valence-electron chi connectivity index (χ2n) is 3.88. The zero-order valence-electron chi connectivity index (χ0n) is 9.51. The van der Waals surface area contributed by atoms with Crippen LogP contribution >= 0.6 is 0 Å². The quantitative estimate of drug-likeness (QED) is 0.897. The molecule has 1 N–H and O–H groups in total. The first-order valence-corrected chi connectivity index (χ1v) is 5.52. The van der Waals surface area contributed by atoms with Gasteiger partial charge in [-0.25, -0.2) is 0 Å². The van der Waals surface area contributed by atoms with Crippen LogP contribution in [-0.2, 0) is 6.54 Å². The zero-order chi connectivity index (χ0) is 12.4. The number of hydrogen-bond acceptors (Lipinski definition) is 4. The van der Waals surface area contributed by atoms with Crippen molar-refractivity contribution in [3.63, 3.8) is 0 Å². The molecular weight excluding hydrogens is 234 g/mol. The lowest BCUT2D eigenvalue weighted by Crippen LogP contribution is -2.22. The number of rotatable bonds is 3. The van der Waals surface area contributed by atoms with Gasteiger partial charge < -0.3 is 19.2 Å². The van der Waals surface area contributed by atoms with Crippen molar-refractivity contribution in [3.8, 4) is 11.5 Å². The van der Waals surface area contributed by atoms with Gasteiger partial charge in [0.25, 0.3) is 5.91 Å². The maximum Gasteiger partial charge on any atom is 0.254 e. The molecule has 0 atom stereocenters. The average Bonchev–Trinajstić information content (AvgIpc) is 3.05. The molecule has 1 amide bonds. The maximum atomic E-state index is 11.7. The maximum absolute atomic E-state index is 11.7. The molecule has 1 aliphatic rings. The van der Waals surface area contributed by atoms with Crippen molar-refractivity contribution < 1.29 is 18.7 Å². The predicted molar refractivity (Wildman–Crippen MR) is 62.4 cm³/mol. The minimum atomic E-state index is -0.165. The van der Waals surface area contributed by atoms with E-state index in [0.717, 1.165) is 11.3 Å². The van der Waals surface area contributed by atoms with Crippen molar-refractivity contribution in [1.82, 2.24) is 5.32 Å². The molecule has 1 aromatic carbocycles. The number of nitrogens with one attached hydrogen (secondary N) is 1. The van der Waals surface area contributed by atoms with Gasteiger partial charge in [0.1, 0.15) is 6.26 Å². The van der Waals surface area contributed by atoms with E-state index < -0.39 is 0 Å².